The second-order valence-electron chi connectivity index (χ2n) is 2.82. The first-order valence-electron chi connectivity index (χ1n) is 3.93. The van der Waals surface area contributed by atoms with Crippen LogP contribution in [0.3, 0.4) is 0 Å². The van der Waals surface area contributed by atoms with E-state index in [-0.39, 0.29) is 11.2 Å². The monoisotopic (exact) mass is 188 g/mol. The van der Waals surface area contributed by atoms with E-state index >= 15 is 0 Å². The van der Waals surface area contributed by atoms with Gasteiger partial charge in [0.2, 0.25) is 5.89 Å². The molecule has 1 aromatic rings. The number of aromatic nitrogens is 2. The maximum atomic E-state index is 5.52. The maximum Gasteiger partial charge on any atom is 0.263 e. The molecule has 1 aliphatic heterocycles. The quantitative estimate of drug-likeness (QED) is 0.672. The van der Waals surface area contributed by atoms with Crippen molar-refractivity contribution in [3.8, 4) is 0 Å². The molecule has 0 amide bonds. The van der Waals surface area contributed by atoms with Crippen molar-refractivity contribution in [3.05, 3.63) is 11.2 Å². The average molecular weight is 189 g/mol. The van der Waals surface area contributed by atoms with Crippen LogP contribution in [0.4, 0.5) is 0 Å². The first-order valence-corrected chi connectivity index (χ1v) is 4.31. The number of hydrogen-bond donors (Lipinski definition) is 0. The van der Waals surface area contributed by atoms with Gasteiger partial charge in [-0.25, -0.2) is 0 Å². The molecule has 1 aliphatic rings. The third kappa shape index (κ3) is 1.59. The van der Waals surface area contributed by atoms with Crippen LogP contribution in [-0.4, -0.2) is 23.4 Å². The normalized spacial score (nSPS) is 24.2. The van der Waals surface area contributed by atoms with Gasteiger partial charge < -0.3 is 9.26 Å². The third-order valence-corrected chi connectivity index (χ3v) is 2.08. The lowest BCUT2D eigenvalue weighted by molar-refractivity contribution is 0.0705. The fourth-order valence-corrected chi connectivity index (χ4v) is 1.44. The molecule has 0 aromatic carbocycles. The Morgan fingerprint density at radius 3 is 3.00 bits per heavy atom. The van der Waals surface area contributed by atoms with Gasteiger partial charge >= 0.3 is 0 Å². The molecule has 1 aromatic heterocycles. The van der Waals surface area contributed by atoms with E-state index in [0.29, 0.717) is 12.5 Å². The summed E-state index contributed by atoms with van der Waals surface area (Å²) in [4.78, 5) is 3.94. The topological polar surface area (TPSA) is 48.2 Å². The predicted octanol–water partition coefficient (Wildman–Crippen LogP) is 1.62. The van der Waals surface area contributed by atoms with E-state index in [0.717, 1.165) is 19.4 Å². The Morgan fingerprint density at radius 1 is 1.50 bits per heavy atom. The zero-order valence-corrected chi connectivity index (χ0v) is 7.25. The Morgan fingerprint density at radius 2 is 2.42 bits per heavy atom. The Labute approximate surface area is 74.9 Å². The van der Waals surface area contributed by atoms with Gasteiger partial charge in [-0.3, -0.25) is 0 Å². The van der Waals surface area contributed by atoms with Crippen molar-refractivity contribution in [2.24, 2.45) is 0 Å². The molecular formula is C7H9ClN2O2. The highest BCUT2D eigenvalue weighted by molar-refractivity contribution is 6.28. The van der Waals surface area contributed by atoms with Crippen LogP contribution in [-0.2, 0) is 4.74 Å². The second kappa shape index (κ2) is 3.41. The molecule has 5 heteroatoms. The molecule has 0 N–H and O–H groups in total. The molecule has 66 valence electrons. The summed E-state index contributed by atoms with van der Waals surface area (Å²) in [5, 5.41) is 3.69. The van der Waals surface area contributed by atoms with Crippen LogP contribution in [0.5, 0.6) is 0 Å². The van der Waals surface area contributed by atoms with Gasteiger partial charge in [-0.15, -0.1) is 0 Å². The van der Waals surface area contributed by atoms with E-state index in [1.165, 1.54) is 0 Å². The Bertz CT molecular complexity index is 258. The summed E-state index contributed by atoms with van der Waals surface area (Å²) in [5.74, 6) is 0.832. The molecule has 4 nitrogen and oxygen atoms in total. The van der Waals surface area contributed by atoms with E-state index in [9.17, 15) is 0 Å². The standard InChI is InChI=1S/C7H9ClN2O2/c8-7-9-6(12-10-7)5-2-1-3-11-4-5/h5H,1-4H2. The number of halogens is 1. The van der Waals surface area contributed by atoms with Crippen LogP contribution in [0.25, 0.3) is 0 Å². The highest BCUT2D eigenvalue weighted by Gasteiger charge is 2.21. The lowest BCUT2D eigenvalue weighted by Crippen LogP contribution is -2.15. The predicted molar refractivity (Wildman–Crippen MR) is 42.1 cm³/mol. The molecule has 1 unspecified atom stereocenters. The smallest absolute Gasteiger partial charge is 0.263 e. The van der Waals surface area contributed by atoms with E-state index in [2.05, 4.69) is 10.1 Å². The molecule has 0 radical (unpaired) electrons. The molecule has 12 heavy (non-hydrogen) atoms. The minimum Gasteiger partial charge on any atom is -0.381 e. The van der Waals surface area contributed by atoms with Crippen LogP contribution in [0.2, 0.25) is 5.28 Å². The van der Waals surface area contributed by atoms with Gasteiger partial charge in [0, 0.05) is 6.61 Å². The summed E-state index contributed by atoms with van der Waals surface area (Å²) in [7, 11) is 0. The fraction of sp³-hybridized carbons (Fsp3) is 0.714. The van der Waals surface area contributed by atoms with Crippen molar-refractivity contribution in [1.29, 1.82) is 0 Å². The Hall–Kier alpha value is -0.610. The Kier molecular flexibility index (Phi) is 2.28. The van der Waals surface area contributed by atoms with Crippen LogP contribution in [0, 0.1) is 0 Å². The van der Waals surface area contributed by atoms with Crippen LogP contribution >= 0.6 is 11.6 Å². The van der Waals surface area contributed by atoms with Gasteiger partial charge in [-0.2, -0.15) is 4.98 Å². The van der Waals surface area contributed by atoms with Crippen molar-refractivity contribution in [3.63, 3.8) is 0 Å². The molecule has 2 rings (SSSR count). The molecular weight excluding hydrogens is 180 g/mol. The zero-order chi connectivity index (χ0) is 8.39. The average Bonchev–Trinajstić information content (AvgIpc) is 2.54. The summed E-state index contributed by atoms with van der Waals surface area (Å²) in [5.41, 5.74) is 0. The molecule has 1 atom stereocenters. The number of hydrogen-bond acceptors (Lipinski definition) is 4. The van der Waals surface area contributed by atoms with Crippen LogP contribution < -0.4 is 0 Å². The number of rotatable bonds is 1. The van der Waals surface area contributed by atoms with Crippen molar-refractivity contribution in [2.75, 3.05) is 13.2 Å². The maximum absolute atomic E-state index is 5.52. The molecule has 1 saturated heterocycles. The highest BCUT2D eigenvalue weighted by atomic mass is 35.5. The minimum absolute atomic E-state index is 0.176. The van der Waals surface area contributed by atoms with E-state index in [1.54, 1.807) is 0 Å². The van der Waals surface area contributed by atoms with E-state index in [1.807, 2.05) is 0 Å². The summed E-state index contributed by atoms with van der Waals surface area (Å²) < 4.78 is 10.2. The van der Waals surface area contributed by atoms with Gasteiger partial charge in [0.05, 0.1) is 12.5 Å². The SMILES string of the molecule is Clc1noc(C2CCCOC2)n1. The van der Waals surface area contributed by atoms with E-state index in [4.69, 9.17) is 20.9 Å². The highest BCUT2D eigenvalue weighted by Crippen LogP contribution is 2.24. The number of ether oxygens (including phenoxy) is 1. The third-order valence-electron chi connectivity index (χ3n) is 1.93. The lowest BCUT2D eigenvalue weighted by atomic mass is 10.0. The van der Waals surface area contributed by atoms with Gasteiger partial charge in [-0.1, -0.05) is 0 Å². The summed E-state index contributed by atoms with van der Waals surface area (Å²) in [6.07, 6.45) is 2.09. The van der Waals surface area contributed by atoms with Crippen molar-refractivity contribution in [1.82, 2.24) is 10.1 Å². The second-order valence-corrected chi connectivity index (χ2v) is 3.15. The first kappa shape index (κ1) is 8.01. The van der Waals surface area contributed by atoms with Crippen molar-refractivity contribution in [2.45, 2.75) is 18.8 Å². The van der Waals surface area contributed by atoms with Crippen molar-refractivity contribution < 1.29 is 9.26 Å². The summed E-state index contributed by atoms with van der Waals surface area (Å²) in [6, 6.07) is 0. The Balaban J connectivity index is 2.08. The largest absolute Gasteiger partial charge is 0.381 e. The molecule has 0 saturated carbocycles. The molecule has 0 bridgehead atoms. The molecule has 0 spiro atoms. The lowest BCUT2D eigenvalue weighted by Gasteiger charge is -2.17. The van der Waals surface area contributed by atoms with Crippen LogP contribution in [0.15, 0.2) is 4.52 Å². The van der Waals surface area contributed by atoms with Gasteiger partial charge in [0.1, 0.15) is 0 Å². The van der Waals surface area contributed by atoms with Gasteiger partial charge in [-0.05, 0) is 29.6 Å². The zero-order valence-electron chi connectivity index (χ0n) is 6.49. The number of nitrogens with zero attached hydrogens (tertiary/aromatic N) is 2. The molecule has 0 aliphatic carbocycles. The summed E-state index contributed by atoms with van der Waals surface area (Å²) >= 11 is 5.52. The van der Waals surface area contributed by atoms with E-state index < -0.39 is 0 Å². The molecule has 1 fully saturated rings. The minimum atomic E-state index is 0.176. The van der Waals surface area contributed by atoms with Crippen molar-refractivity contribution >= 4 is 11.6 Å². The van der Waals surface area contributed by atoms with Gasteiger partial charge in [0.15, 0.2) is 0 Å². The summed E-state index contributed by atoms with van der Waals surface area (Å²) in [6.45, 7) is 1.50. The first-order chi connectivity index (χ1) is 5.86. The van der Waals surface area contributed by atoms with Crippen LogP contribution in [0.1, 0.15) is 24.7 Å². The fourth-order valence-electron chi connectivity index (χ4n) is 1.32. The molecule has 2 heterocycles. The van der Waals surface area contributed by atoms with Gasteiger partial charge in [0.25, 0.3) is 5.28 Å².